The highest BCUT2D eigenvalue weighted by atomic mass is 16.2. The maximum atomic E-state index is 12.8. The van der Waals surface area contributed by atoms with E-state index in [9.17, 15) is 14.4 Å². The quantitative estimate of drug-likeness (QED) is 0.827. The summed E-state index contributed by atoms with van der Waals surface area (Å²) in [6.07, 6.45) is 2.30. The number of anilines is 3. The van der Waals surface area contributed by atoms with Gasteiger partial charge in [0.2, 0.25) is 17.7 Å². The summed E-state index contributed by atoms with van der Waals surface area (Å²) in [4.78, 5) is 41.1. The number of nitrogens with one attached hydrogen (secondary N) is 1. The molecule has 6 heteroatoms. The Labute approximate surface area is 176 Å². The standard InChI is InChI=1S/C24H27N3O3/c1-3-16-7-5-6-8-20(16)25-24(30)18-14-23(29)27(15-18)19-9-10-21-17(13-19)11-12-26(21)22(28)4-2/h5-10,13,18H,3-4,11-12,14-15H2,1-2H3,(H,25,30). The van der Waals surface area contributed by atoms with E-state index in [2.05, 4.69) is 12.2 Å². The van der Waals surface area contributed by atoms with E-state index in [1.807, 2.05) is 54.3 Å². The zero-order valence-corrected chi connectivity index (χ0v) is 17.5. The number of hydrogen-bond acceptors (Lipinski definition) is 3. The van der Waals surface area contributed by atoms with E-state index in [0.717, 1.165) is 41.0 Å². The smallest absolute Gasteiger partial charge is 0.229 e. The van der Waals surface area contributed by atoms with Gasteiger partial charge in [0.05, 0.1) is 5.92 Å². The summed E-state index contributed by atoms with van der Waals surface area (Å²) in [6.45, 7) is 4.97. The van der Waals surface area contributed by atoms with Crippen LogP contribution in [0.25, 0.3) is 0 Å². The molecule has 3 amide bonds. The van der Waals surface area contributed by atoms with Crippen molar-refractivity contribution in [2.75, 3.05) is 28.2 Å². The third kappa shape index (κ3) is 3.70. The van der Waals surface area contributed by atoms with Gasteiger partial charge >= 0.3 is 0 Å². The van der Waals surface area contributed by atoms with Crippen molar-refractivity contribution in [3.05, 3.63) is 53.6 Å². The second-order valence-electron chi connectivity index (χ2n) is 7.87. The topological polar surface area (TPSA) is 69.7 Å². The monoisotopic (exact) mass is 405 g/mol. The molecule has 2 aromatic rings. The molecule has 2 aliphatic heterocycles. The second-order valence-corrected chi connectivity index (χ2v) is 7.87. The fourth-order valence-electron chi connectivity index (χ4n) is 4.32. The van der Waals surface area contributed by atoms with Gasteiger partial charge in [0.1, 0.15) is 0 Å². The van der Waals surface area contributed by atoms with Crippen molar-refractivity contribution in [2.45, 2.75) is 39.5 Å². The summed E-state index contributed by atoms with van der Waals surface area (Å²) in [5.74, 6) is -0.428. The molecule has 4 rings (SSSR count). The molecular formula is C24H27N3O3. The van der Waals surface area contributed by atoms with Crippen LogP contribution in [0.2, 0.25) is 0 Å². The van der Waals surface area contributed by atoms with Gasteiger partial charge in [0.15, 0.2) is 0 Å². The van der Waals surface area contributed by atoms with Crippen LogP contribution in [0, 0.1) is 5.92 Å². The average Bonchev–Trinajstić information content (AvgIpc) is 3.36. The Bertz CT molecular complexity index is 1000. The van der Waals surface area contributed by atoms with Crippen molar-refractivity contribution in [3.63, 3.8) is 0 Å². The molecule has 0 radical (unpaired) electrons. The minimum atomic E-state index is -0.381. The fourth-order valence-corrected chi connectivity index (χ4v) is 4.32. The first-order valence-corrected chi connectivity index (χ1v) is 10.6. The number of fused-ring (bicyclic) bond motifs is 1. The molecular weight excluding hydrogens is 378 g/mol. The van der Waals surface area contributed by atoms with Gasteiger partial charge in [-0.1, -0.05) is 32.0 Å². The van der Waals surface area contributed by atoms with Crippen molar-refractivity contribution in [3.8, 4) is 0 Å². The Morgan fingerprint density at radius 1 is 1.13 bits per heavy atom. The zero-order valence-electron chi connectivity index (χ0n) is 17.5. The van der Waals surface area contributed by atoms with Crippen molar-refractivity contribution >= 4 is 34.8 Å². The lowest BCUT2D eigenvalue weighted by Gasteiger charge is -2.20. The summed E-state index contributed by atoms with van der Waals surface area (Å²) >= 11 is 0. The number of amides is 3. The molecule has 30 heavy (non-hydrogen) atoms. The Morgan fingerprint density at radius 2 is 1.93 bits per heavy atom. The Hall–Kier alpha value is -3.15. The van der Waals surface area contributed by atoms with Gasteiger partial charge < -0.3 is 15.1 Å². The van der Waals surface area contributed by atoms with Gasteiger partial charge in [0, 0.05) is 43.0 Å². The van der Waals surface area contributed by atoms with Gasteiger partial charge in [-0.25, -0.2) is 0 Å². The molecule has 6 nitrogen and oxygen atoms in total. The number of para-hydroxylation sites is 1. The van der Waals surface area contributed by atoms with Gasteiger partial charge in [-0.3, -0.25) is 14.4 Å². The van der Waals surface area contributed by atoms with E-state index < -0.39 is 0 Å². The summed E-state index contributed by atoms with van der Waals surface area (Å²) in [5.41, 5.74) is 4.70. The van der Waals surface area contributed by atoms with Gasteiger partial charge in [0.25, 0.3) is 0 Å². The molecule has 2 aliphatic rings. The highest BCUT2D eigenvalue weighted by Crippen LogP contribution is 2.34. The first kappa shape index (κ1) is 20.1. The molecule has 1 N–H and O–H groups in total. The van der Waals surface area contributed by atoms with Crippen LogP contribution in [0.3, 0.4) is 0 Å². The lowest BCUT2D eigenvalue weighted by Crippen LogP contribution is -2.28. The fraction of sp³-hybridized carbons (Fsp3) is 0.375. The first-order valence-electron chi connectivity index (χ1n) is 10.6. The number of hydrogen-bond donors (Lipinski definition) is 1. The van der Waals surface area contributed by atoms with E-state index >= 15 is 0 Å². The molecule has 0 saturated carbocycles. The number of nitrogens with zero attached hydrogens (tertiary/aromatic N) is 2. The number of carbonyl (C=O) groups is 3. The summed E-state index contributed by atoms with van der Waals surface area (Å²) < 4.78 is 0. The third-order valence-electron chi connectivity index (χ3n) is 6.03. The minimum Gasteiger partial charge on any atom is -0.326 e. The van der Waals surface area contributed by atoms with Crippen LogP contribution in [0.5, 0.6) is 0 Å². The molecule has 1 unspecified atom stereocenters. The lowest BCUT2D eigenvalue weighted by atomic mass is 10.1. The van der Waals surface area contributed by atoms with Crippen LogP contribution in [0.15, 0.2) is 42.5 Å². The molecule has 156 valence electrons. The molecule has 2 heterocycles. The van der Waals surface area contributed by atoms with Crippen LogP contribution >= 0.6 is 0 Å². The molecule has 0 aromatic heterocycles. The normalized spacial score (nSPS) is 17.9. The maximum absolute atomic E-state index is 12.8. The van der Waals surface area contributed by atoms with Crippen molar-refractivity contribution in [2.24, 2.45) is 5.92 Å². The Kier molecular flexibility index (Phi) is 5.57. The molecule has 1 atom stereocenters. The van der Waals surface area contributed by atoms with E-state index in [0.29, 0.717) is 19.5 Å². The molecule has 0 spiro atoms. The molecule has 2 aromatic carbocycles. The number of rotatable bonds is 5. The molecule has 0 aliphatic carbocycles. The Morgan fingerprint density at radius 3 is 2.70 bits per heavy atom. The zero-order chi connectivity index (χ0) is 21.3. The predicted octanol–water partition coefficient (Wildman–Crippen LogP) is 3.54. The maximum Gasteiger partial charge on any atom is 0.229 e. The number of benzene rings is 2. The first-order chi connectivity index (χ1) is 14.5. The largest absolute Gasteiger partial charge is 0.326 e. The highest BCUT2D eigenvalue weighted by molar-refractivity contribution is 6.04. The summed E-state index contributed by atoms with van der Waals surface area (Å²) in [7, 11) is 0. The van der Waals surface area contributed by atoms with E-state index in [4.69, 9.17) is 0 Å². The minimum absolute atomic E-state index is 0.0432. The average molecular weight is 405 g/mol. The van der Waals surface area contributed by atoms with Crippen LogP contribution in [0.4, 0.5) is 17.1 Å². The molecule has 1 fully saturated rings. The molecule has 1 saturated heterocycles. The van der Waals surface area contributed by atoms with E-state index in [1.54, 1.807) is 4.90 Å². The van der Waals surface area contributed by atoms with Crippen molar-refractivity contribution in [1.29, 1.82) is 0 Å². The van der Waals surface area contributed by atoms with Gasteiger partial charge in [-0.05, 0) is 48.2 Å². The second kappa shape index (κ2) is 8.30. The van der Waals surface area contributed by atoms with Crippen molar-refractivity contribution < 1.29 is 14.4 Å². The van der Waals surface area contributed by atoms with Gasteiger partial charge in [-0.2, -0.15) is 0 Å². The van der Waals surface area contributed by atoms with E-state index in [-0.39, 0.29) is 30.1 Å². The summed E-state index contributed by atoms with van der Waals surface area (Å²) in [5, 5.41) is 3.00. The van der Waals surface area contributed by atoms with Crippen LogP contribution < -0.4 is 15.1 Å². The van der Waals surface area contributed by atoms with Gasteiger partial charge in [-0.15, -0.1) is 0 Å². The number of carbonyl (C=O) groups excluding carboxylic acids is 3. The highest BCUT2D eigenvalue weighted by Gasteiger charge is 2.36. The third-order valence-corrected chi connectivity index (χ3v) is 6.03. The van der Waals surface area contributed by atoms with Crippen LogP contribution in [-0.4, -0.2) is 30.8 Å². The van der Waals surface area contributed by atoms with Crippen LogP contribution in [-0.2, 0) is 27.2 Å². The van der Waals surface area contributed by atoms with Crippen molar-refractivity contribution in [1.82, 2.24) is 0 Å². The summed E-state index contributed by atoms with van der Waals surface area (Å²) in [6, 6.07) is 13.5. The molecule has 0 bridgehead atoms. The van der Waals surface area contributed by atoms with E-state index in [1.165, 1.54) is 0 Å². The van der Waals surface area contributed by atoms with Crippen LogP contribution in [0.1, 0.15) is 37.8 Å². The Balaban J connectivity index is 1.48. The lowest BCUT2D eigenvalue weighted by molar-refractivity contribution is -0.122. The predicted molar refractivity (Wildman–Crippen MR) is 118 cm³/mol. The number of aryl methyl sites for hydroxylation is 1. The SMILES string of the molecule is CCC(=O)N1CCc2cc(N3CC(C(=O)Nc4ccccc4CC)CC3=O)ccc21.